The third-order valence-corrected chi connectivity index (χ3v) is 3.84. The number of carbonyl (C=O) groups is 1. The van der Waals surface area contributed by atoms with Crippen molar-refractivity contribution in [3.05, 3.63) is 23.8 Å². The Kier molecular flexibility index (Phi) is 4.76. The number of carbonyl (C=O) groups excluding carboxylic acids is 1. The SMILES string of the molecule is CCC(C)(CCCl)NC(=O)c1cccc2c1OCCO2. The Morgan fingerprint density at radius 3 is 2.85 bits per heavy atom. The summed E-state index contributed by atoms with van der Waals surface area (Å²) in [6.07, 6.45) is 1.54. The second kappa shape index (κ2) is 6.35. The Hall–Kier alpha value is -1.42. The molecule has 5 heteroatoms. The van der Waals surface area contributed by atoms with E-state index in [9.17, 15) is 4.79 Å². The van der Waals surface area contributed by atoms with Crippen molar-refractivity contribution in [2.75, 3.05) is 19.1 Å². The summed E-state index contributed by atoms with van der Waals surface area (Å²) in [7, 11) is 0. The Morgan fingerprint density at radius 1 is 1.40 bits per heavy atom. The minimum absolute atomic E-state index is 0.151. The lowest BCUT2D eigenvalue weighted by Crippen LogP contribution is -2.46. The molecule has 2 rings (SSSR count). The summed E-state index contributed by atoms with van der Waals surface area (Å²) in [6, 6.07) is 5.36. The van der Waals surface area contributed by atoms with E-state index in [1.54, 1.807) is 12.1 Å². The highest BCUT2D eigenvalue weighted by Gasteiger charge is 2.27. The van der Waals surface area contributed by atoms with Gasteiger partial charge in [0.2, 0.25) is 0 Å². The van der Waals surface area contributed by atoms with E-state index in [-0.39, 0.29) is 11.4 Å². The maximum atomic E-state index is 12.5. The van der Waals surface area contributed by atoms with E-state index in [4.69, 9.17) is 21.1 Å². The van der Waals surface area contributed by atoms with Gasteiger partial charge in [0.25, 0.3) is 5.91 Å². The Balaban J connectivity index is 2.21. The van der Waals surface area contributed by atoms with Gasteiger partial charge in [0.1, 0.15) is 13.2 Å². The van der Waals surface area contributed by atoms with Crippen LogP contribution in [0.5, 0.6) is 11.5 Å². The summed E-state index contributed by atoms with van der Waals surface area (Å²) >= 11 is 5.81. The first-order chi connectivity index (χ1) is 9.59. The second-order valence-electron chi connectivity index (χ2n) is 5.14. The summed E-state index contributed by atoms with van der Waals surface area (Å²) in [5.41, 5.74) is 0.202. The zero-order chi connectivity index (χ0) is 14.6. The summed E-state index contributed by atoms with van der Waals surface area (Å²) < 4.78 is 11.1. The fourth-order valence-corrected chi connectivity index (χ4v) is 2.55. The number of nitrogens with one attached hydrogen (secondary N) is 1. The number of amides is 1. The number of halogens is 1. The lowest BCUT2D eigenvalue weighted by atomic mass is 9.95. The fraction of sp³-hybridized carbons (Fsp3) is 0.533. The van der Waals surface area contributed by atoms with Gasteiger partial charge in [-0.25, -0.2) is 0 Å². The summed E-state index contributed by atoms with van der Waals surface area (Å²) in [5, 5.41) is 3.05. The zero-order valence-corrected chi connectivity index (χ0v) is 12.6. The molecule has 0 radical (unpaired) electrons. The minimum atomic E-state index is -0.308. The molecule has 1 N–H and O–H groups in total. The normalized spacial score (nSPS) is 16.4. The monoisotopic (exact) mass is 297 g/mol. The van der Waals surface area contributed by atoms with Crippen LogP contribution >= 0.6 is 11.6 Å². The number of fused-ring (bicyclic) bond motifs is 1. The first-order valence-electron chi connectivity index (χ1n) is 6.87. The van der Waals surface area contributed by atoms with Crippen molar-refractivity contribution >= 4 is 17.5 Å². The number of hydrogen-bond acceptors (Lipinski definition) is 3. The highest BCUT2D eigenvalue weighted by atomic mass is 35.5. The number of alkyl halides is 1. The maximum absolute atomic E-state index is 12.5. The van der Waals surface area contributed by atoms with Crippen molar-refractivity contribution in [1.82, 2.24) is 5.32 Å². The van der Waals surface area contributed by atoms with Crippen molar-refractivity contribution in [2.24, 2.45) is 0 Å². The van der Waals surface area contributed by atoms with Gasteiger partial charge >= 0.3 is 0 Å². The molecule has 1 unspecified atom stereocenters. The third kappa shape index (κ3) is 3.18. The molecule has 1 aromatic carbocycles. The topological polar surface area (TPSA) is 47.6 Å². The van der Waals surface area contributed by atoms with Crippen LogP contribution in [0, 0.1) is 0 Å². The number of benzene rings is 1. The van der Waals surface area contributed by atoms with Gasteiger partial charge in [0, 0.05) is 11.4 Å². The van der Waals surface area contributed by atoms with Gasteiger partial charge in [0.15, 0.2) is 11.5 Å². The Labute approximate surface area is 124 Å². The third-order valence-electron chi connectivity index (χ3n) is 3.65. The quantitative estimate of drug-likeness (QED) is 0.850. The fourth-order valence-electron chi connectivity index (χ4n) is 2.13. The van der Waals surface area contributed by atoms with Gasteiger partial charge in [-0.05, 0) is 31.9 Å². The molecule has 1 aliphatic heterocycles. The first kappa shape index (κ1) is 15.0. The largest absolute Gasteiger partial charge is 0.486 e. The van der Waals surface area contributed by atoms with Crippen LogP contribution in [0.2, 0.25) is 0 Å². The van der Waals surface area contributed by atoms with Crippen molar-refractivity contribution < 1.29 is 14.3 Å². The summed E-state index contributed by atoms with van der Waals surface area (Å²) in [5.74, 6) is 1.51. The molecular weight excluding hydrogens is 278 g/mol. The molecule has 0 saturated carbocycles. The average Bonchev–Trinajstić information content (AvgIpc) is 2.46. The molecule has 0 saturated heterocycles. The van der Waals surface area contributed by atoms with Gasteiger partial charge in [0.05, 0.1) is 5.56 Å². The predicted octanol–water partition coefficient (Wildman–Crippen LogP) is 2.99. The van der Waals surface area contributed by atoms with Crippen molar-refractivity contribution in [3.63, 3.8) is 0 Å². The molecule has 1 amide bonds. The molecular formula is C15H20ClNO3. The summed E-state index contributed by atoms with van der Waals surface area (Å²) in [6.45, 7) is 5.01. The molecule has 0 fully saturated rings. The lowest BCUT2D eigenvalue weighted by Gasteiger charge is -2.30. The number of hydrogen-bond donors (Lipinski definition) is 1. The standard InChI is InChI=1S/C15H20ClNO3/c1-3-15(2,7-8-16)17-14(18)11-5-4-6-12-13(11)20-10-9-19-12/h4-6H,3,7-10H2,1-2H3,(H,17,18). The molecule has 0 spiro atoms. The van der Waals surface area contributed by atoms with Crippen molar-refractivity contribution in [3.8, 4) is 11.5 Å². The van der Waals surface area contributed by atoms with Crippen LogP contribution in [0.3, 0.4) is 0 Å². The van der Waals surface area contributed by atoms with Gasteiger partial charge in [-0.3, -0.25) is 4.79 Å². The maximum Gasteiger partial charge on any atom is 0.255 e. The average molecular weight is 298 g/mol. The van der Waals surface area contributed by atoms with E-state index in [2.05, 4.69) is 5.32 Å². The minimum Gasteiger partial charge on any atom is -0.486 e. The van der Waals surface area contributed by atoms with Gasteiger partial charge in [-0.15, -0.1) is 11.6 Å². The van der Waals surface area contributed by atoms with Crippen LogP contribution in [0.1, 0.15) is 37.0 Å². The number of ether oxygens (including phenoxy) is 2. The van der Waals surface area contributed by atoms with Crippen molar-refractivity contribution in [1.29, 1.82) is 0 Å². The van der Waals surface area contributed by atoms with Crippen LogP contribution < -0.4 is 14.8 Å². The lowest BCUT2D eigenvalue weighted by molar-refractivity contribution is 0.0890. The molecule has 4 nitrogen and oxygen atoms in total. The second-order valence-corrected chi connectivity index (χ2v) is 5.52. The van der Waals surface area contributed by atoms with E-state index in [1.807, 2.05) is 19.9 Å². The molecule has 1 aliphatic rings. The molecule has 0 aromatic heterocycles. The van der Waals surface area contributed by atoms with Crippen LogP contribution in [0.15, 0.2) is 18.2 Å². The van der Waals surface area contributed by atoms with Crippen LogP contribution in [0.4, 0.5) is 0 Å². The molecule has 0 aliphatic carbocycles. The van der Waals surface area contributed by atoms with Crippen LogP contribution in [-0.4, -0.2) is 30.5 Å². The molecule has 1 aromatic rings. The molecule has 110 valence electrons. The van der Waals surface area contributed by atoms with Gasteiger partial charge in [-0.2, -0.15) is 0 Å². The number of para-hydroxylation sites is 1. The van der Waals surface area contributed by atoms with E-state index < -0.39 is 0 Å². The zero-order valence-electron chi connectivity index (χ0n) is 11.9. The van der Waals surface area contributed by atoms with Crippen molar-refractivity contribution in [2.45, 2.75) is 32.2 Å². The van der Waals surface area contributed by atoms with Gasteiger partial charge < -0.3 is 14.8 Å². The Bertz CT molecular complexity index is 492. The highest BCUT2D eigenvalue weighted by molar-refractivity contribution is 6.17. The van der Waals surface area contributed by atoms with Crippen LogP contribution in [-0.2, 0) is 0 Å². The molecule has 1 heterocycles. The smallest absolute Gasteiger partial charge is 0.255 e. The van der Waals surface area contributed by atoms with Gasteiger partial charge in [-0.1, -0.05) is 13.0 Å². The summed E-state index contributed by atoms with van der Waals surface area (Å²) in [4.78, 5) is 12.5. The molecule has 0 bridgehead atoms. The predicted molar refractivity (Wildman–Crippen MR) is 78.9 cm³/mol. The molecule has 20 heavy (non-hydrogen) atoms. The molecule has 1 atom stereocenters. The number of rotatable bonds is 5. The Morgan fingerprint density at radius 2 is 2.15 bits per heavy atom. The van der Waals surface area contributed by atoms with Crippen LogP contribution in [0.25, 0.3) is 0 Å². The van der Waals surface area contributed by atoms with E-state index in [1.165, 1.54) is 0 Å². The highest BCUT2D eigenvalue weighted by Crippen LogP contribution is 2.34. The van der Waals surface area contributed by atoms with E-state index in [0.717, 1.165) is 12.8 Å². The first-order valence-corrected chi connectivity index (χ1v) is 7.40. The van der Waals surface area contributed by atoms with E-state index in [0.29, 0.717) is 36.2 Å². The van der Waals surface area contributed by atoms with E-state index >= 15 is 0 Å².